The predicted octanol–water partition coefficient (Wildman–Crippen LogP) is 2.31. The molecule has 9 nitrogen and oxygen atoms in total. The van der Waals surface area contributed by atoms with Crippen LogP contribution in [0.15, 0.2) is 24.3 Å². The van der Waals surface area contributed by atoms with Crippen molar-refractivity contribution >= 4 is 23.6 Å². The molecule has 42 heavy (non-hydrogen) atoms. The molecule has 6 atom stereocenters. The second kappa shape index (κ2) is 11.1. The standard InChI is InChI=1S/C27H29F6N5O4/c1-25(2)17-12-38(20(19(17)25)22(40)36-16(11-34)10-14-6-7-35-21(14)39)23(41)18(37-24(42)27(31,32)33)9-13-4-3-5-15(8-13)26(28,29)30/h3-5,8,14,16-20H,6-7,9-10,12H2,1-2H3,(H,35,39)(H,36,40)(H,37,42)/t14-,16-,17-,18-,19-,20-/m0/s1. The molecule has 0 bridgehead atoms. The molecule has 2 aliphatic heterocycles. The van der Waals surface area contributed by atoms with Crippen LogP contribution in [-0.2, 0) is 31.8 Å². The maximum Gasteiger partial charge on any atom is 0.471 e. The fraction of sp³-hybridized carbons (Fsp3) is 0.593. The monoisotopic (exact) mass is 601 g/mol. The third-order valence-electron chi connectivity index (χ3n) is 8.47. The lowest BCUT2D eigenvalue weighted by molar-refractivity contribution is -0.175. The van der Waals surface area contributed by atoms with Gasteiger partial charge < -0.3 is 20.9 Å². The Kier molecular flexibility index (Phi) is 8.23. The van der Waals surface area contributed by atoms with Crippen LogP contribution in [0.1, 0.15) is 37.8 Å². The van der Waals surface area contributed by atoms with Crippen LogP contribution < -0.4 is 16.0 Å². The number of nitrogens with zero attached hydrogens (tertiary/aromatic N) is 2. The van der Waals surface area contributed by atoms with Crippen molar-refractivity contribution in [3.63, 3.8) is 0 Å². The van der Waals surface area contributed by atoms with Crippen molar-refractivity contribution in [1.82, 2.24) is 20.9 Å². The predicted molar refractivity (Wildman–Crippen MR) is 133 cm³/mol. The topological polar surface area (TPSA) is 131 Å². The normalized spacial score (nSPS) is 26.0. The Morgan fingerprint density at radius 3 is 2.43 bits per heavy atom. The first kappa shape index (κ1) is 31.1. The fourth-order valence-electron chi connectivity index (χ4n) is 6.12. The number of rotatable bonds is 8. The Morgan fingerprint density at radius 1 is 1.17 bits per heavy atom. The molecule has 0 aromatic heterocycles. The number of carbonyl (C=O) groups is 4. The lowest BCUT2D eigenvalue weighted by Crippen LogP contribution is -2.58. The number of likely N-dealkylation sites (tertiary alicyclic amines) is 1. The number of hydrogen-bond acceptors (Lipinski definition) is 5. The molecule has 15 heteroatoms. The molecule has 0 unspecified atom stereocenters. The molecule has 4 amide bonds. The van der Waals surface area contributed by atoms with Gasteiger partial charge in [0.15, 0.2) is 0 Å². The fourth-order valence-corrected chi connectivity index (χ4v) is 6.12. The molecule has 2 saturated heterocycles. The van der Waals surface area contributed by atoms with E-state index in [1.54, 1.807) is 5.32 Å². The molecule has 1 aromatic carbocycles. The summed E-state index contributed by atoms with van der Waals surface area (Å²) in [6, 6.07) is 1.33. The highest BCUT2D eigenvalue weighted by Crippen LogP contribution is 2.65. The molecule has 0 spiro atoms. The first-order valence-corrected chi connectivity index (χ1v) is 13.3. The Hall–Kier alpha value is -3.83. The minimum Gasteiger partial charge on any atom is -0.356 e. The molecular formula is C27H29F6N5O4. The number of piperidine rings is 1. The molecule has 4 rings (SSSR count). The van der Waals surface area contributed by atoms with Crippen LogP contribution in [0, 0.1) is 34.5 Å². The Morgan fingerprint density at radius 2 is 1.86 bits per heavy atom. The second-order valence-corrected chi connectivity index (χ2v) is 11.5. The Balaban J connectivity index is 1.59. The molecule has 3 fully saturated rings. The van der Waals surface area contributed by atoms with Crippen LogP contribution in [-0.4, -0.2) is 65.9 Å². The molecule has 2 heterocycles. The lowest BCUT2D eigenvalue weighted by Gasteiger charge is -2.33. The average molecular weight is 602 g/mol. The van der Waals surface area contributed by atoms with Gasteiger partial charge in [-0.15, -0.1) is 0 Å². The Bertz CT molecular complexity index is 1310. The second-order valence-electron chi connectivity index (χ2n) is 11.5. The number of nitriles is 1. The van der Waals surface area contributed by atoms with Crippen LogP contribution in [0.3, 0.4) is 0 Å². The summed E-state index contributed by atoms with van der Waals surface area (Å²) in [7, 11) is 0. The van der Waals surface area contributed by atoms with E-state index in [4.69, 9.17) is 0 Å². The number of alkyl halides is 6. The summed E-state index contributed by atoms with van der Waals surface area (Å²) in [6.07, 6.45) is -10.4. The van der Waals surface area contributed by atoms with Gasteiger partial charge in [0, 0.05) is 25.4 Å². The van der Waals surface area contributed by atoms with E-state index in [1.807, 2.05) is 19.9 Å². The molecule has 3 N–H and O–H groups in total. The van der Waals surface area contributed by atoms with E-state index in [-0.39, 0.29) is 30.4 Å². The summed E-state index contributed by atoms with van der Waals surface area (Å²) in [5.41, 5.74) is -1.66. The number of hydrogen-bond donors (Lipinski definition) is 3. The molecule has 1 aliphatic carbocycles. The number of carbonyl (C=O) groups excluding carboxylic acids is 4. The highest BCUT2D eigenvalue weighted by molar-refractivity contribution is 5.94. The molecule has 3 aliphatic rings. The number of fused-ring (bicyclic) bond motifs is 1. The zero-order chi connectivity index (χ0) is 31.2. The molecular weight excluding hydrogens is 572 g/mol. The van der Waals surface area contributed by atoms with Crippen LogP contribution >= 0.6 is 0 Å². The zero-order valence-corrected chi connectivity index (χ0v) is 22.6. The van der Waals surface area contributed by atoms with Crippen molar-refractivity contribution in [2.24, 2.45) is 23.2 Å². The van der Waals surface area contributed by atoms with Gasteiger partial charge in [-0.2, -0.15) is 31.6 Å². The quantitative estimate of drug-likeness (QED) is 0.394. The van der Waals surface area contributed by atoms with Crippen LogP contribution in [0.5, 0.6) is 0 Å². The first-order chi connectivity index (χ1) is 19.4. The summed E-state index contributed by atoms with van der Waals surface area (Å²) in [6.45, 7) is 4.08. The van der Waals surface area contributed by atoms with Crippen molar-refractivity contribution in [1.29, 1.82) is 5.26 Å². The van der Waals surface area contributed by atoms with Gasteiger partial charge in [-0.25, -0.2) is 0 Å². The van der Waals surface area contributed by atoms with Gasteiger partial charge >= 0.3 is 18.3 Å². The molecule has 1 saturated carbocycles. The van der Waals surface area contributed by atoms with E-state index in [1.165, 1.54) is 6.07 Å². The minimum atomic E-state index is -5.38. The maximum absolute atomic E-state index is 13.7. The van der Waals surface area contributed by atoms with Crippen molar-refractivity contribution in [3.8, 4) is 6.07 Å². The molecule has 0 radical (unpaired) electrons. The molecule has 1 aromatic rings. The van der Waals surface area contributed by atoms with E-state index in [0.717, 1.165) is 17.0 Å². The minimum absolute atomic E-state index is 0.0199. The van der Waals surface area contributed by atoms with E-state index in [9.17, 15) is 50.8 Å². The maximum atomic E-state index is 13.7. The lowest BCUT2D eigenvalue weighted by atomic mass is 9.96. The first-order valence-electron chi connectivity index (χ1n) is 13.3. The third-order valence-corrected chi connectivity index (χ3v) is 8.47. The molecule has 228 valence electrons. The smallest absolute Gasteiger partial charge is 0.356 e. The summed E-state index contributed by atoms with van der Waals surface area (Å²) in [5, 5.41) is 16.4. The van der Waals surface area contributed by atoms with Gasteiger partial charge in [0.2, 0.25) is 17.7 Å². The SMILES string of the molecule is CC1(C)[C@@H]2[C@@H](C(=O)N[C@H](C#N)C[C@@H]3CCNC3=O)N(C(=O)[C@H](Cc3cccc(C(F)(F)F)c3)NC(=O)C(F)(F)F)C[C@@H]21. The van der Waals surface area contributed by atoms with Crippen molar-refractivity contribution < 1.29 is 45.5 Å². The van der Waals surface area contributed by atoms with E-state index in [0.29, 0.717) is 19.0 Å². The van der Waals surface area contributed by atoms with Crippen molar-refractivity contribution in [2.75, 3.05) is 13.1 Å². The van der Waals surface area contributed by atoms with Crippen molar-refractivity contribution in [3.05, 3.63) is 35.4 Å². The summed E-state index contributed by atoms with van der Waals surface area (Å²) < 4.78 is 79.2. The summed E-state index contributed by atoms with van der Waals surface area (Å²) in [4.78, 5) is 52.0. The summed E-state index contributed by atoms with van der Waals surface area (Å²) >= 11 is 0. The van der Waals surface area contributed by atoms with Gasteiger partial charge in [-0.05, 0) is 41.7 Å². The number of nitrogens with one attached hydrogen (secondary N) is 3. The average Bonchev–Trinajstić information content (AvgIpc) is 3.24. The number of benzene rings is 1. The largest absolute Gasteiger partial charge is 0.471 e. The van der Waals surface area contributed by atoms with Crippen LogP contribution in [0.4, 0.5) is 26.3 Å². The third kappa shape index (κ3) is 6.32. The van der Waals surface area contributed by atoms with Crippen molar-refractivity contribution in [2.45, 2.75) is 63.6 Å². The van der Waals surface area contributed by atoms with E-state index >= 15 is 0 Å². The van der Waals surface area contributed by atoms with Crippen LogP contribution in [0.2, 0.25) is 0 Å². The van der Waals surface area contributed by atoms with Gasteiger partial charge in [-0.3, -0.25) is 19.2 Å². The zero-order valence-electron chi connectivity index (χ0n) is 22.6. The van der Waals surface area contributed by atoms with E-state index in [2.05, 4.69) is 10.6 Å². The Labute approximate surface area is 237 Å². The summed E-state index contributed by atoms with van der Waals surface area (Å²) in [5.74, 6) is -5.67. The number of amides is 4. The highest BCUT2D eigenvalue weighted by atomic mass is 19.4. The van der Waals surface area contributed by atoms with E-state index < -0.39 is 77.4 Å². The van der Waals surface area contributed by atoms with Gasteiger partial charge in [0.25, 0.3) is 0 Å². The van der Waals surface area contributed by atoms with Crippen LogP contribution in [0.25, 0.3) is 0 Å². The number of halogens is 6. The van der Waals surface area contributed by atoms with Gasteiger partial charge in [-0.1, -0.05) is 32.0 Å². The van der Waals surface area contributed by atoms with Gasteiger partial charge in [0.1, 0.15) is 18.1 Å². The highest BCUT2D eigenvalue weighted by Gasteiger charge is 2.69. The van der Waals surface area contributed by atoms with Gasteiger partial charge in [0.05, 0.1) is 11.6 Å².